The van der Waals surface area contributed by atoms with Crippen LogP contribution in [-0.2, 0) is 19.3 Å². The minimum atomic E-state index is 0.409. The fourth-order valence-electron chi connectivity index (χ4n) is 17.7. The number of rotatable bonds is 6. The number of nitrogens with one attached hydrogen (secondary N) is 1. The Balaban J connectivity index is 0.000000159. The highest BCUT2D eigenvalue weighted by molar-refractivity contribution is 6.27. The van der Waals surface area contributed by atoms with Crippen LogP contribution in [0, 0.1) is 74.1 Å². The summed E-state index contributed by atoms with van der Waals surface area (Å²) in [5, 5.41) is 18.0. The summed E-state index contributed by atoms with van der Waals surface area (Å²) in [6, 6.07) is 91.3. The zero-order valence-electron chi connectivity index (χ0n) is 90.4. The van der Waals surface area contributed by atoms with E-state index in [1.807, 2.05) is 52.0 Å². The van der Waals surface area contributed by atoms with Crippen LogP contribution < -0.4 is 5.32 Å². The molecule has 19 aromatic rings. The van der Waals surface area contributed by atoms with Crippen molar-refractivity contribution in [1.82, 2.24) is 29.9 Å². The van der Waals surface area contributed by atoms with E-state index >= 15 is 0 Å². The van der Waals surface area contributed by atoms with Gasteiger partial charge in [-0.25, -0.2) is 29.9 Å². The average molecular weight is 1880 g/mol. The monoisotopic (exact) mass is 1870 g/mol. The van der Waals surface area contributed by atoms with Gasteiger partial charge in [0.05, 0.1) is 66.2 Å². The van der Waals surface area contributed by atoms with Crippen molar-refractivity contribution < 1.29 is 0 Å². The lowest BCUT2D eigenvalue weighted by Crippen LogP contribution is -2.08. The molecule has 0 saturated carbocycles. The summed E-state index contributed by atoms with van der Waals surface area (Å²) >= 11 is 0. The number of nitrogens with zero attached hydrogens (tertiary/aromatic N) is 6. The summed E-state index contributed by atoms with van der Waals surface area (Å²) < 4.78 is 0. The molecular weight excluding hydrogens is 1720 g/mol. The van der Waals surface area contributed by atoms with Gasteiger partial charge in [0.25, 0.3) is 0 Å². The molecule has 0 fully saturated rings. The van der Waals surface area contributed by atoms with Gasteiger partial charge in [0, 0.05) is 44.0 Å². The van der Waals surface area contributed by atoms with Crippen LogP contribution in [0.2, 0.25) is 0 Å². The van der Waals surface area contributed by atoms with Crippen molar-refractivity contribution >= 4 is 149 Å². The summed E-state index contributed by atoms with van der Waals surface area (Å²) in [6.45, 7) is 60.0. The van der Waals surface area contributed by atoms with Gasteiger partial charge in [-0.15, -0.1) is 0 Å². The summed E-state index contributed by atoms with van der Waals surface area (Å²) in [6.07, 6.45) is 31.1. The number of aromatic nitrogens is 6. The first kappa shape index (κ1) is 109. The van der Waals surface area contributed by atoms with E-state index < -0.39 is 0 Å². The van der Waals surface area contributed by atoms with E-state index in [1.54, 1.807) is 0 Å². The summed E-state index contributed by atoms with van der Waals surface area (Å²) in [5.74, 6) is 2.89. The van der Waals surface area contributed by atoms with Gasteiger partial charge in [0.1, 0.15) is 0 Å². The van der Waals surface area contributed by atoms with Gasteiger partial charge in [-0.1, -0.05) is 467 Å². The van der Waals surface area contributed by atoms with Crippen LogP contribution in [0.5, 0.6) is 0 Å². The summed E-state index contributed by atoms with van der Waals surface area (Å²) in [5.41, 5.74) is 35.4. The molecule has 4 aliphatic rings. The zero-order chi connectivity index (χ0) is 102. The van der Waals surface area contributed by atoms with Crippen LogP contribution in [0.25, 0.3) is 143 Å². The maximum atomic E-state index is 5.23. The first-order valence-electron chi connectivity index (χ1n) is 52.0. The molecule has 0 spiro atoms. The number of fused-ring (bicyclic) bond motifs is 23. The molecule has 142 heavy (non-hydrogen) atoms. The second kappa shape index (κ2) is 52.6. The average Bonchev–Trinajstić information content (AvgIpc) is 0.920. The molecule has 4 aliphatic carbocycles. The van der Waals surface area contributed by atoms with Crippen molar-refractivity contribution in [2.75, 3.05) is 5.32 Å². The highest BCUT2D eigenvalue weighted by atomic mass is 14.9. The molecule has 3 aromatic heterocycles. The third kappa shape index (κ3) is 28.1. The van der Waals surface area contributed by atoms with Gasteiger partial charge in [-0.3, -0.25) is 0 Å². The van der Waals surface area contributed by atoms with E-state index in [0.717, 1.165) is 110 Å². The first-order chi connectivity index (χ1) is 68.4. The van der Waals surface area contributed by atoms with Crippen LogP contribution in [0.1, 0.15) is 257 Å². The van der Waals surface area contributed by atoms with Crippen molar-refractivity contribution in [3.8, 4) is 0 Å². The van der Waals surface area contributed by atoms with E-state index in [-0.39, 0.29) is 0 Å². The van der Waals surface area contributed by atoms with Crippen molar-refractivity contribution in [3.63, 3.8) is 0 Å². The Labute approximate surface area is 849 Å². The van der Waals surface area contributed by atoms with Gasteiger partial charge in [-0.05, 0) is 244 Å². The fraction of sp³-hybridized carbons (Fsp3) is 0.289. The summed E-state index contributed by atoms with van der Waals surface area (Å²) in [7, 11) is 0. The predicted molar refractivity (Wildman–Crippen MR) is 630 cm³/mol. The lowest BCUT2D eigenvalue weighted by Gasteiger charge is -2.15. The standard InChI is InChI=1S/3C26H24N2.C9H13N.2C9H8.C8H10.2C5H6.2C4H10.2C2H6/c3*1-14(2)18-11-8-17(5)23-24(18)28-26-20-10-7-16(4)13-22(20)21-12-15(3)6-9-19(21)25(26)27-23;1-8(2)10-9-6-4-3-5-7-9;2*1-2-5-9-7-3-6-8(9)4-1;1-2-8-6-4-3-5-7-8;2*1-2-4-5-3-1;2*1-4(2)3;2*1-2/h3*6-14H,1-5H3;3-8,10H,1-2H3;2*1-6H,7H2;3-7H,2H2,1H3;2*1-4H,5H2;2*4H,1-3H3;2*1-2H3. The lowest BCUT2D eigenvalue weighted by atomic mass is 9.95. The molecule has 0 unspecified atom stereocenters. The topological polar surface area (TPSA) is 89.4 Å². The van der Waals surface area contributed by atoms with Crippen molar-refractivity contribution in [2.45, 2.75) is 250 Å². The second-order valence-electron chi connectivity index (χ2n) is 39.8. The molecule has 0 aliphatic heterocycles. The van der Waals surface area contributed by atoms with E-state index in [0.29, 0.717) is 23.8 Å². The number of benzene rings is 16. The molecule has 7 nitrogen and oxygen atoms in total. The minimum Gasteiger partial charge on any atom is -0.383 e. The van der Waals surface area contributed by atoms with Gasteiger partial charge in [0.2, 0.25) is 0 Å². The number of anilines is 1. The largest absolute Gasteiger partial charge is 0.383 e. The second-order valence-corrected chi connectivity index (χ2v) is 39.8. The van der Waals surface area contributed by atoms with E-state index in [2.05, 4.69) is 475 Å². The number of hydrogen-bond acceptors (Lipinski definition) is 7. The van der Waals surface area contributed by atoms with Crippen molar-refractivity contribution in [1.29, 1.82) is 0 Å². The van der Waals surface area contributed by atoms with Gasteiger partial charge in [-0.2, -0.15) is 0 Å². The molecule has 1 N–H and O–H groups in total. The number of hydrogen-bond donors (Lipinski definition) is 1. The quantitative estimate of drug-likeness (QED) is 0.131. The lowest BCUT2D eigenvalue weighted by molar-refractivity contribution is 0.736. The van der Waals surface area contributed by atoms with Gasteiger partial charge < -0.3 is 5.32 Å². The number of allylic oxidation sites excluding steroid dienone is 10. The van der Waals surface area contributed by atoms with E-state index in [9.17, 15) is 0 Å². The van der Waals surface area contributed by atoms with Crippen molar-refractivity contribution in [3.05, 3.63) is 410 Å². The molecule has 3 heterocycles. The van der Waals surface area contributed by atoms with E-state index in [1.165, 1.54) is 165 Å². The van der Waals surface area contributed by atoms with Crippen LogP contribution in [0.3, 0.4) is 0 Å². The van der Waals surface area contributed by atoms with E-state index in [4.69, 9.17) is 29.9 Å². The third-order valence-corrected chi connectivity index (χ3v) is 24.7. The van der Waals surface area contributed by atoms with Crippen molar-refractivity contribution in [2.24, 2.45) is 11.8 Å². The van der Waals surface area contributed by atoms with Crippen LogP contribution in [-0.4, -0.2) is 35.9 Å². The normalized spacial score (nSPS) is 11.9. The molecule has 23 rings (SSSR count). The molecule has 0 atom stereocenters. The van der Waals surface area contributed by atoms with Crippen LogP contribution >= 0.6 is 0 Å². The maximum absolute atomic E-state index is 5.23. The SMILES string of the molecule is C1=CCC=C1.C1=CCC=C1.C1=Cc2ccccc2C1.C1=Cc2ccccc2C1.CC.CC.CC(C)C.CC(C)C.CC(C)Nc1ccccc1.CCc1ccccc1.Cc1ccc2c(c1)c1cc(C)ccc1c1nc3c(C(C)C)ccc(C)c3nc21.Cc1ccc2c(c1)c1cc(C)ccc1c1nc3c(C(C)C)ccc(C)c3nc21.Cc1ccc2c(c1)c1cc(C)ccc1c1nc3c(C(C)C)ccc(C)c3nc21. The highest BCUT2D eigenvalue weighted by Gasteiger charge is 2.22. The Hall–Kier alpha value is -13.9. The maximum Gasteiger partial charge on any atom is 0.0979 e. The Kier molecular flexibility index (Phi) is 40.2. The first-order valence-corrected chi connectivity index (χ1v) is 52.0. The molecule has 0 saturated heterocycles. The molecule has 0 radical (unpaired) electrons. The van der Waals surface area contributed by atoms with Crippen LogP contribution in [0.15, 0.2) is 316 Å². The number of para-hydroxylation sites is 1. The van der Waals surface area contributed by atoms with Gasteiger partial charge in [0.15, 0.2) is 0 Å². The molecule has 730 valence electrons. The Morgan fingerprint density at radius 3 is 0.704 bits per heavy atom. The Morgan fingerprint density at radius 2 is 0.486 bits per heavy atom. The van der Waals surface area contributed by atoms with Gasteiger partial charge >= 0.3 is 0 Å². The molecular formula is C135H155N7. The Morgan fingerprint density at radius 1 is 0.246 bits per heavy atom. The molecule has 0 amide bonds. The fourth-order valence-corrected chi connectivity index (χ4v) is 17.7. The summed E-state index contributed by atoms with van der Waals surface area (Å²) in [4.78, 5) is 31.2. The number of aryl methyl sites for hydroxylation is 10. The molecule has 7 heteroatoms. The highest BCUT2D eigenvalue weighted by Crippen LogP contribution is 2.42. The predicted octanol–water partition coefficient (Wildman–Crippen LogP) is 39.1. The molecule has 0 bridgehead atoms. The zero-order valence-corrected chi connectivity index (χ0v) is 90.4. The smallest absolute Gasteiger partial charge is 0.0979 e. The molecule has 16 aromatic carbocycles. The minimum absolute atomic E-state index is 0.409. The Bertz CT molecular complexity index is 7070. The van der Waals surface area contributed by atoms with Crippen LogP contribution in [0.4, 0.5) is 5.69 Å². The third-order valence-electron chi connectivity index (χ3n) is 24.7.